The molecule has 272 valence electrons. The summed E-state index contributed by atoms with van der Waals surface area (Å²) in [6, 6.07) is 58.0. The topological polar surface area (TPSA) is 3.24 Å². The number of fused-ring (bicyclic) bond motifs is 9. The zero-order chi connectivity index (χ0) is 38.0. The molecule has 0 spiro atoms. The molecule has 9 aromatic rings. The van der Waals surface area contributed by atoms with E-state index in [2.05, 4.69) is 202 Å². The highest BCUT2D eigenvalue weighted by Crippen LogP contribution is 2.54. The van der Waals surface area contributed by atoms with Crippen LogP contribution in [0.4, 0.5) is 17.1 Å². The molecule has 3 heteroatoms. The fourth-order valence-electron chi connectivity index (χ4n) is 8.80. The zero-order valence-electron chi connectivity index (χ0n) is 32.2. The van der Waals surface area contributed by atoms with Crippen LogP contribution in [0, 0.1) is 12.8 Å². The van der Waals surface area contributed by atoms with E-state index >= 15 is 0 Å². The van der Waals surface area contributed by atoms with Crippen LogP contribution in [-0.2, 0) is 5.41 Å². The lowest BCUT2D eigenvalue weighted by Crippen LogP contribution is -2.23. The van der Waals surface area contributed by atoms with Gasteiger partial charge in [0.25, 0.3) is 0 Å². The number of anilines is 3. The first-order chi connectivity index (χ1) is 27.3. The van der Waals surface area contributed by atoms with E-state index in [0.717, 1.165) is 11.4 Å². The molecule has 0 amide bonds. The Bertz CT molecular complexity index is 3050. The molecular formula is C53H43NS2. The van der Waals surface area contributed by atoms with Crippen molar-refractivity contribution in [1.82, 2.24) is 0 Å². The van der Waals surface area contributed by atoms with Gasteiger partial charge in [0.1, 0.15) is 0 Å². The molecule has 11 rings (SSSR count). The van der Waals surface area contributed by atoms with Crippen LogP contribution >= 0.6 is 22.7 Å². The molecule has 0 N–H and O–H groups in total. The van der Waals surface area contributed by atoms with Crippen LogP contribution in [0.2, 0.25) is 0 Å². The Kier molecular flexibility index (Phi) is 8.54. The maximum Gasteiger partial charge on any atom is 0.0543 e. The first kappa shape index (κ1) is 34.7. The molecule has 0 saturated heterocycles. The molecule has 0 radical (unpaired) electrons. The van der Waals surface area contributed by atoms with Crippen LogP contribution in [0.3, 0.4) is 0 Å². The third-order valence-electron chi connectivity index (χ3n) is 11.7. The molecule has 1 atom stereocenters. The van der Waals surface area contributed by atoms with Crippen molar-refractivity contribution in [3.05, 3.63) is 184 Å². The van der Waals surface area contributed by atoms with Crippen molar-refractivity contribution >= 4 is 82.1 Å². The van der Waals surface area contributed by atoms with Crippen LogP contribution in [0.15, 0.2) is 158 Å². The van der Waals surface area contributed by atoms with Gasteiger partial charge in [-0.15, -0.1) is 22.7 Å². The van der Waals surface area contributed by atoms with E-state index in [4.69, 9.17) is 0 Å². The predicted molar refractivity (Wildman–Crippen MR) is 246 cm³/mol. The number of hydrogen-bond donors (Lipinski definition) is 0. The Labute approximate surface area is 337 Å². The summed E-state index contributed by atoms with van der Waals surface area (Å²) < 4.78 is 5.55. The number of hydrogen-bond acceptors (Lipinski definition) is 3. The number of benzene rings is 7. The minimum Gasteiger partial charge on any atom is -0.310 e. The normalized spacial score (nSPS) is 15.0. The second kappa shape index (κ2) is 13.8. The zero-order valence-corrected chi connectivity index (χ0v) is 33.8. The second-order valence-electron chi connectivity index (χ2n) is 15.9. The average Bonchev–Trinajstić information content (AvgIpc) is 3.86. The van der Waals surface area contributed by atoms with Crippen LogP contribution in [0.1, 0.15) is 43.9 Å². The van der Waals surface area contributed by atoms with Crippen molar-refractivity contribution in [3.8, 4) is 22.3 Å². The van der Waals surface area contributed by atoms with Crippen LogP contribution < -0.4 is 14.7 Å². The Hall–Kier alpha value is -5.74. The average molecular weight is 758 g/mol. The van der Waals surface area contributed by atoms with E-state index in [1.807, 2.05) is 22.7 Å². The lowest BCUT2D eigenvalue weighted by molar-refractivity contribution is 0.660. The predicted octanol–water partition coefficient (Wildman–Crippen LogP) is 14.3. The fraction of sp³-hybridized carbons (Fsp3) is 0.132. The standard InChI is InChI=1S/C40H31NS.C13H12S/c1-26-15-20-29(21-16-26)41(36-13-8-12-35-39(36)33-10-4-6-11-34(33)40(35,2)3)30-22-17-27(18-23-30)28-19-24-32-31-9-5-7-14-37(31)42-38(32)25-28;1-9-6-7-13-11(8-9)10-4-2-3-5-12(10)14-13/h4-25H,1-3H3;2-5,7-9H,6H2,1H3. The SMILES string of the molecule is CC1C=c2c(sc3ccccc23)=CC1.Cc1ccc(N(c2ccc(-c3ccc4c(c3)sc3ccccc34)cc2)c2cccc3c2-c2ccccc2C3(C)C)cc1. The van der Waals surface area contributed by atoms with Gasteiger partial charge in [-0.1, -0.05) is 148 Å². The monoisotopic (exact) mass is 757 g/mol. The van der Waals surface area contributed by atoms with E-state index in [0.29, 0.717) is 5.92 Å². The van der Waals surface area contributed by atoms with Gasteiger partial charge in [0.05, 0.1) is 5.69 Å². The summed E-state index contributed by atoms with van der Waals surface area (Å²) in [5.74, 6) is 0.695. The number of aryl methyl sites for hydroxylation is 1. The largest absolute Gasteiger partial charge is 0.310 e. The summed E-state index contributed by atoms with van der Waals surface area (Å²) in [6.45, 7) is 9.13. The Morgan fingerprint density at radius 2 is 1.20 bits per heavy atom. The first-order valence-corrected chi connectivity index (χ1v) is 21.3. The van der Waals surface area contributed by atoms with Crippen molar-refractivity contribution < 1.29 is 0 Å². The van der Waals surface area contributed by atoms with Crippen molar-refractivity contribution in [2.24, 2.45) is 5.92 Å². The van der Waals surface area contributed by atoms with E-state index < -0.39 is 0 Å². The smallest absolute Gasteiger partial charge is 0.0543 e. The molecule has 0 bridgehead atoms. The van der Waals surface area contributed by atoms with Crippen LogP contribution in [-0.4, -0.2) is 0 Å². The van der Waals surface area contributed by atoms with Crippen molar-refractivity contribution in [2.45, 2.75) is 39.5 Å². The Morgan fingerprint density at radius 3 is 1.98 bits per heavy atom. The van der Waals surface area contributed by atoms with Gasteiger partial charge >= 0.3 is 0 Å². The molecule has 0 aliphatic heterocycles. The van der Waals surface area contributed by atoms with Gasteiger partial charge in [0.2, 0.25) is 0 Å². The second-order valence-corrected chi connectivity index (χ2v) is 18.0. The quantitative estimate of drug-likeness (QED) is 0.173. The van der Waals surface area contributed by atoms with Crippen molar-refractivity contribution in [3.63, 3.8) is 0 Å². The highest BCUT2D eigenvalue weighted by Gasteiger charge is 2.37. The summed E-state index contributed by atoms with van der Waals surface area (Å²) >= 11 is 3.79. The van der Waals surface area contributed by atoms with Crippen molar-refractivity contribution in [1.29, 1.82) is 0 Å². The Balaban J connectivity index is 0.000000229. The molecule has 0 saturated carbocycles. The molecule has 56 heavy (non-hydrogen) atoms. The molecule has 2 aliphatic rings. The number of rotatable bonds is 4. The summed E-state index contributed by atoms with van der Waals surface area (Å²) in [7, 11) is 0. The maximum absolute atomic E-state index is 2.43. The third kappa shape index (κ3) is 5.89. The highest BCUT2D eigenvalue weighted by atomic mass is 32.1. The molecule has 2 heterocycles. The summed E-state index contributed by atoms with van der Waals surface area (Å²) in [5, 5.41) is 5.57. The number of nitrogens with zero attached hydrogens (tertiary/aromatic N) is 1. The molecular weight excluding hydrogens is 715 g/mol. The lowest BCUT2D eigenvalue weighted by Gasteiger charge is -2.29. The fourth-order valence-corrected chi connectivity index (χ4v) is 11.1. The molecule has 2 aromatic heterocycles. The molecule has 1 unspecified atom stereocenters. The molecule has 7 aromatic carbocycles. The van der Waals surface area contributed by atoms with Gasteiger partial charge in [-0.25, -0.2) is 0 Å². The van der Waals surface area contributed by atoms with Gasteiger partial charge in [0.15, 0.2) is 0 Å². The molecule has 2 aliphatic carbocycles. The van der Waals surface area contributed by atoms with Gasteiger partial charge in [-0.05, 0) is 106 Å². The maximum atomic E-state index is 2.43. The van der Waals surface area contributed by atoms with Gasteiger partial charge in [-0.3, -0.25) is 0 Å². The summed E-state index contributed by atoms with van der Waals surface area (Å²) in [4.78, 5) is 2.43. The molecule has 0 fully saturated rings. The molecule has 1 nitrogen and oxygen atoms in total. The van der Waals surface area contributed by atoms with Crippen LogP contribution in [0.5, 0.6) is 0 Å². The number of thiophene rings is 2. The third-order valence-corrected chi connectivity index (χ3v) is 14.1. The minimum absolute atomic E-state index is 0.0457. The lowest BCUT2D eigenvalue weighted by atomic mass is 9.82. The van der Waals surface area contributed by atoms with Crippen molar-refractivity contribution in [2.75, 3.05) is 4.90 Å². The van der Waals surface area contributed by atoms with E-state index in [-0.39, 0.29) is 5.41 Å². The van der Waals surface area contributed by atoms with Gasteiger partial charge < -0.3 is 4.90 Å². The van der Waals surface area contributed by atoms with E-state index in [1.165, 1.54) is 91.1 Å². The van der Waals surface area contributed by atoms with E-state index in [1.54, 1.807) is 0 Å². The first-order valence-electron chi connectivity index (χ1n) is 19.6. The summed E-state index contributed by atoms with van der Waals surface area (Å²) in [6.07, 6.45) is 5.98. The van der Waals surface area contributed by atoms with E-state index in [9.17, 15) is 0 Å². The summed E-state index contributed by atoms with van der Waals surface area (Å²) in [5.41, 5.74) is 12.7. The Morgan fingerprint density at radius 1 is 0.571 bits per heavy atom. The van der Waals surface area contributed by atoms with Gasteiger partial charge in [-0.2, -0.15) is 0 Å². The van der Waals surface area contributed by atoms with Crippen LogP contribution in [0.25, 0.3) is 64.7 Å². The minimum atomic E-state index is -0.0457. The van der Waals surface area contributed by atoms with Gasteiger partial charge in [0, 0.05) is 51.8 Å². The highest BCUT2D eigenvalue weighted by molar-refractivity contribution is 7.25.